The minimum atomic E-state index is -0.580. The van der Waals surface area contributed by atoms with E-state index in [1.54, 1.807) is 7.11 Å². The molecule has 1 aliphatic rings. The van der Waals surface area contributed by atoms with Crippen LogP contribution in [0.3, 0.4) is 0 Å². The van der Waals surface area contributed by atoms with Gasteiger partial charge in [-0.05, 0) is 43.5 Å². The molecule has 142 valence electrons. The maximum absolute atomic E-state index is 9.87. The average molecular weight is 376 g/mol. The van der Waals surface area contributed by atoms with Crippen molar-refractivity contribution in [3.05, 3.63) is 43.0 Å². The van der Waals surface area contributed by atoms with Gasteiger partial charge in [-0.2, -0.15) is 0 Å². The van der Waals surface area contributed by atoms with Crippen molar-refractivity contribution in [1.29, 1.82) is 0 Å². The number of nitrogens with zero attached hydrogens (tertiary/aromatic N) is 5. The van der Waals surface area contributed by atoms with Crippen molar-refractivity contribution in [1.82, 2.24) is 24.6 Å². The molecule has 0 saturated heterocycles. The first-order chi connectivity index (χ1) is 13.5. The summed E-state index contributed by atoms with van der Waals surface area (Å²) >= 11 is 0. The molecule has 3 aromatic heterocycles. The molecule has 28 heavy (non-hydrogen) atoms. The number of benzene rings is 1. The molecule has 4 aromatic rings. The summed E-state index contributed by atoms with van der Waals surface area (Å²) in [5.74, 6) is 1.11. The molecule has 0 radical (unpaired) electrons. The SMILES string of the molecule is COc1ncnc2ccc(-c3ccn4nc(NC5CC(C)(O)C5)ncc34)cc12. The lowest BCUT2D eigenvalue weighted by molar-refractivity contribution is -0.0236. The minimum Gasteiger partial charge on any atom is -0.480 e. The lowest BCUT2D eigenvalue weighted by Crippen LogP contribution is -2.48. The van der Waals surface area contributed by atoms with Gasteiger partial charge in [-0.15, -0.1) is 5.10 Å². The van der Waals surface area contributed by atoms with E-state index in [-0.39, 0.29) is 6.04 Å². The zero-order valence-corrected chi connectivity index (χ0v) is 15.6. The Morgan fingerprint density at radius 1 is 1.21 bits per heavy atom. The van der Waals surface area contributed by atoms with Crippen LogP contribution in [-0.4, -0.2) is 48.4 Å². The van der Waals surface area contributed by atoms with Gasteiger partial charge in [0.2, 0.25) is 11.8 Å². The standard InChI is InChI=1S/C20H20N6O2/c1-20(27)8-13(9-20)24-19-21-10-17-14(5-6-26(17)25-19)12-3-4-16-15(7-12)18(28-2)23-11-22-16/h3-7,10-11,13,27H,8-9H2,1-2H3,(H,24,25). The van der Waals surface area contributed by atoms with Gasteiger partial charge in [0.1, 0.15) is 6.33 Å². The molecule has 0 atom stereocenters. The molecule has 5 rings (SSSR count). The third kappa shape index (κ3) is 2.82. The Labute approximate surface area is 161 Å². The smallest absolute Gasteiger partial charge is 0.241 e. The number of anilines is 1. The summed E-state index contributed by atoms with van der Waals surface area (Å²) in [6.07, 6.45) is 6.62. The first kappa shape index (κ1) is 16.9. The second-order valence-electron chi connectivity index (χ2n) is 7.50. The maximum atomic E-state index is 9.87. The Morgan fingerprint density at radius 2 is 2.07 bits per heavy atom. The van der Waals surface area contributed by atoms with Gasteiger partial charge in [0, 0.05) is 17.8 Å². The molecule has 0 unspecified atom stereocenters. The predicted molar refractivity (Wildman–Crippen MR) is 105 cm³/mol. The zero-order chi connectivity index (χ0) is 19.3. The number of aliphatic hydroxyl groups is 1. The molecule has 2 N–H and O–H groups in total. The molecule has 0 aliphatic heterocycles. The fourth-order valence-electron chi connectivity index (χ4n) is 3.86. The molecule has 8 heteroatoms. The predicted octanol–water partition coefficient (Wildman–Crippen LogP) is 2.67. The van der Waals surface area contributed by atoms with Gasteiger partial charge < -0.3 is 15.2 Å². The maximum Gasteiger partial charge on any atom is 0.241 e. The van der Waals surface area contributed by atoms with Gasteiger partial charge in [-0.3, -0.25) is 0 Å². The monoisotopic (exact) mass is 376 g/mol. The minimum absolute atomic E-state index is 0.204. The highest BCUT2D eigenvalue weighted by Crippen LogP contribution is 2.34. The third-order valence-corrected chi connectivity index (χ3v) is 5.23. The molecule has 1 saturated carbocycles. The van der Waals surface area contributed by atoms with E-state index < -0.39 is 5.60 Å². The highest BCUT2D eigenvalue weighted by molar-refractivity contribution is 5.91. The van der Waals surface area contributed by atoms with Crippen LogP contribution in [0.4, 0.5) is 5.95 Å². The van der Waals surface area contributed by atoms with Crippen molar-refractivity contribution in [2.45, 2.75) is 31.4 Å². The molecular weight excluding hydrogens is 356 g/mol. The Kier molecular flexibility index (Phi) is 3.70. The van der Waals surface area contributed by atoms with Crippen LogP contribution < -0.4 is 10.1 Å². The number of rotatable bonds is 4. The number of hydrogen-bond donors (Lipinski definition) is 2. The summed E-state index contributed by atoms with van der Waals surface area (Å²) in [5, 5.41) is 18.6. The van der Waals surface area contributed by atoms with Gasteiger partial charge in [0.25, 0.3) is 0 Å². The average Bonchev–Trinajstić information content (AvgIpc) is 3.09. The lowest BCUT2D eigenvalue weighted by atomic mass is 9.77. The van der Waals surface area contributed by atoms with Gasteiger partial charge in [0.15, 0.2) is 0 Å². The molecular formula is C20H20N6O2. The lowest BCUT2D eigenvalue weighted by Gasteiger charge is -2.41. The summed E-state index contributed by atoms with van der Waals surface area (Å²) < 4.78 is 7.17. The first-order valence-electron chi connectivity index (χ1n) is 9.15. The van der Waals surface area contributed by atoms with Gasteiger partial charge in [0.05, 0.1) is 35.3 Å². The van der Waals surface area contributed by atoms with E-state index in [1.165, 1.54) is 6.33 Å². The van der Waals surface area contributed by atoms with Crippen molar-refractivity contribution in [3.8, 4) is 17.0 Å². The van der Waals surface area contributed by atoms with E-state index in [4.69, 9.17) is 4.74 Å². The van der Waals surface area contributed by atoms with E-state index >= 15 is 0 Å². The number of hydrogen-bond acceptors (Lipinski definition) is 7. The van der Waals surface area contributed by atoms with Crippen molar-refractivity contribution in [2.24, 2.45) is 0 Å². The number of fused-ring (bicyclic) bond motifs is 2. The van der Waals surface area contributed by atoms with E-state index in [1.807, 2.05) is 48.1 Å². The van der Waals surface area contributed by atoms with Gasteiger partial charge in [-0.25, -0.2) is 19.5 Å². The molecule has 0 amide bonds. The van der Waals surface area contributed by atoms with E-state index in [0.29, 0.717) is 24.7 Å². The summed E-state index contributed by atoms with van der Waals surface area (Å²) in [7, 11) is 1.60. The second-order valence-corrected chi connectivity index (χ2v) is 7.50. The molecule has 0 bridgehead atoms. The fourth-order valence-corrected chi connectivity index (χ4v) is 3.86. The van der Waals surface area contributed by atoms with E-state index in [2.05, 4.69) is 25.4 Å². The van der Waals surface area contributed by atoms with Crippen LogP contribution in [0.25, 0.3) is 27.5 Å². The van der Waals surface area contributed by atoms with E-state index in [0.717, 1.165) is 27.5 Å². The quantitative estimate of drug-likeness (QED) is 0.565. The molecule has 0 spiro atoms. The van der Waals surface area contributed by atoms with Crippen LogP contribution in [0, 0.1) is 0 Å². The summed E-state index contributed by atoms with van der Waals surface area (Å²) in [6, 6.07) is 8.21. The highest BCUT2D eigenvalue weighted by Gasteiger charge is 2.38. The number of methoxy groups -OCH3 is 1. The molecule has 1 aliphatic carbocycles. The second kappa shape index (κ2) is 6.13. The Balaban J connectivity index is 1.49. The Morgan fingerprint density at radius 3 is 2.86 bits per heavy atom. The van der Waals surface area contributed by atoms with Crippen LogP contribution in [0.2, 0.25) is 0 Å². The van der Waals surface area contributed by atoms with Crippen LogP contribution in [-0.2, 0) is 0 Å². The summed E-state index contributed by atoms with van der Waals surface area (Å²) in [6.45, 7) is 1.84. The summed E-state index contributed by atoms with van der Waals surface area (Å²) in [4.78, 5) is 12.9. The highest BCUT2D eigenvalue weighted by atomic mass is 16.5. The van der Waals surface area contributed by atoms with Crippen LogP contribution in [0.5, 0.6) is 5.88 Å². The van der Waals surface area contributed by atoms with E-state index in [9.17, 15) is 5.11 Å². The molecule has 1 fully saturated rings. The third-order valence-electron chi connectivity index (χ3n) is 5.23. The fraction of sp³-hybridized carbons (Fsp3) is 0.300. The Bertz CT molecular complexity index is 1180. The largest absolute Gasteiger partial charge is 0.480 e. The number of aromatic nitrogens is 5. The normalized spacial score (nSPS) is 21.6. The number of nitrogens with one attached hydrogen (secondary N) is 1. The van der Waals surface area contributed by atoms with Crippen LogP contribution in [0.1, 0.15) is 19.8 Å². The summed E-state index contributed by atoms with van der Waals surface area (Å²) in [5.41, 5.74) is 3.19. The molecule has 1 aromatic carbocycles. The molecule has 8 nitrogen and oxygen atoms in total. The topological polar surface area (TPSA) is 97.5 Å². The van der Waals surface area contributed by atoms with Crippen LogP contribution in [0.15, 0.2) is 43.0 Å². The molecule has 3 heterocycles. The number of ether oxygens (including phenoxy) is 1. The van der Waals surface area contributed by atoms with Crippen molar-refractivity contribution in [3.63, 3.8) is 0 Å². The van der Waals surface area contributed by atoms with Crippen LogP contribution >= 0.6 is 0 Å². The van der Waals surface area contributed by atoms with Gasteiger partial charge in [-0.1, -0.05) is 6.07 Å². The zero-order valence-electron chi connectivity index (χ0n) is 15.6. The van der Waals surface area contributed by atoms with Crippen molar-refractivity contribution in [2.75, 3.05) is 12.4 Å². The van der Waals surface area contributed by atoms with Crippen molar-refractivity contribution >= 4 is 22.4 Å². The Hall–Kier alpha value is -3.26. The first-order valence-corrected chi connectivity index (χ1v) is 9.15. The van der Waals surface area contributed by atoms with Gasteiger partial charge >= 0.3 is 0 Å². The van der Waals surface area contributed by atoms with Crippen molar-refractivity contribution < 1.29 is 9.84 Å².